The van der Waals surface area contributed by atoms with Crippen molar-refractivity contribution in [2.75, 3.05) is 5.75 Å². The van der Waals surface area contributed by atoms with Crippen molar-refractivity contribution in [3.8, 4) is 22.6 Å². The van der Waals surface area contributed by atoms with Gasteiger partial charge >= 0.3 is 0 Å². The SMILES string of the molecule is CCC(C)C(=N)CCc1nc(-c2ccc(-c3ccc(S(=O)(=O)CC)nc3)cc2)oc1C. The minimum absolute atomic E-state index is 0.0321. The third-order valence-corrected chi connectivity index (χ3v) is 7.27. The highest BCUT2D eigenvalue weighted by Gasteiger charge is 2.15. The summed E-state index contributed by atoms with van der Waals surface area (Å²) in [6.07, 6.45) is 3.95. The van der Waals surface area contributed by atoms with E-state index < -0.39 is 9.84 Å². The third-order valence-electron chi connectivity index (χ3n) is 5.63. The predicted octanol–water partition coefficient (Wildman–Crippen LogP) is 5.50. The largest absolute Gasteiger partial charge is 0.441 e. The molecule has 0 radical (unpaired) electrons. The van der Waals surface area contributed by atoms with Gasteiger partial charge in [0.25, 0.3) is 0 Å². The van der Waals surface area contributed by atoms with Gasteiger partial charge in [-0.15, -0.1) is 0 Å². The molecule has 0 fully saturated rings. The number of nitrogens with one attached hydrogen (secondary N) is 1. The number of nitrogens with zero attached hydrogens (tertiary/aromatic N) is 2. The van der Waals surface area contributed by atoms with Gasteiger partial charge in [-0.25, -0.2) is 18.4 Å². The van der Waals surface area contributed by atoms with Gasteiger partial charge in [0.1, 0.15) is 5.76 Å². The van der Waals surface area contributed by atoms with Gasteiger partial charge < -0.3 is 9.83 Å². The zero-order valence-corrected chi connectivity index (χ0v) is 19.3. The molecule has 0 bridgehead atoms. The summed E-state index contributed by atoms with van der Waals surface area (Å²) in [5.41, 5.74) is 4.29. The molecule has 1 aromatic carbocycles. The lowest BCUT2D eigenvalue weighted by Gasteiger charge is -2.09. The topological polar surface area (TPSA) is 96.9 Å². The molecular formula is C24H29N3O3S. The Bertz CT molecular complexity index is 1150. The standard InChI is InChI=1S/C24H29N3O3S/c1-5-16(3)21(25)12-13-22-17(4)30-24(27-22)19-9-7-18(8-10-19)20-11-14-23(26-15-20)31(28,29)6-2/h7-11,14-16,25H,5-6,12-13H2,1-4H3. The fraction of sp³-hybridized carbons (Fsp3) is 0.375. The molecule has 0 saturated heterocycles. The second-order valence-corrected chi connectivity index (χ2v) is 9.95. The highest BCUT2D eigenvalue weighted by Crippen LogP contribution is 2.27. The summed E-state index contributed by atoms with van der Waals surface area (Å²) in [7, 11) is -3.30. The van der Waals surface area contributed by atoms with E-state index in [1.165, 1.54) is 0 Å². The number of sulfone groups is 1. The zero-order valence-electron chi connectivity index (χ0n) is 18.5. The Morgan fingerprint density at radius 1 is 1.06 bits per heavy atom. The number of hydrogen-bond acceptors (Lipinski definition) is 6. The van der Waals surface area contributed by atoms with Gasteiger partial charge in [-0.3, -0.25) is 0 Å². The number of aromatic nitrogens is 2. The van der Waals surface area contributed by atoms with Crippen LogP contribution in [0, 0.1) is 18.3 Å². The van der Waals surface area contributed by atoms with Crippen LogP contribution in [0.3, 0.4) is 0 Å². The highest BCUT2D eigenvalue weighted by molar-refractivity contribution is 7.91. The molecule has 0 amide bonds. The van der Waals surface area contributed by atoms with E-state index in [-0.39, 0.29) is 10.8 Å². The lowest BCUT2D eigenvalue weighted by atomic mass is 9.98. The van der Waals surface area contributed by atoms with E-state index in [2.05, 4.69) is 23.8 Å². The minimum atomic E-state index is -3.30. The quantitative estimate of drug-likeness (QED) is 0.444. The minimum Gasteiger partial charge on any atom is -0.441 e. The maximum absolute atomic E-state index is 11.9. The summed E-state index contributed by atoms with van der Waals surface area (Å²) in [6, 6.07) is 11.1. The van der Waals surface area contributed by atoms with Gasteiger partial charge in [-0.05, 0) is 61.9 Å². The van der Waals surface area contributed by atoms with Crippen LogP contribution >= 0.6 is 0 Å². The van der Waals surface area contributed by atoms with Gasteiger partial charge in [-0.1, -0.05) is 32.9 Å². The first kappa shape index (κ1) is 22.9. The van der Waals surface area contributed by atoms with Crippen LogP contribution in [0.4, 0.5) is 0 Å². The second-order valence-electron chi connectivity index (χ2n) is 7.72. The average molecular weight is 440 g/mol. The van der Waals surface area contributed by atoms with Gasteiger partial charge in [0.2, 0.25) is 5.89 Å². The summed E-state index contributed by atoms with van der Waals surface area (Å²) >= 11 is 0. The van der Waals surface area contributed by atoms with E-state index in [4.69, 9.17) is 9.83 Å². The second kappa shape index (κ2) is 9.56. The highest BCUT2D eigenvalue weighted by atomic mass is 32.2. The van der Waals surface area contributed by atoms with Crippen molar-refractivity contribution in [2.24, 2.45) is 5.92 Å². The van der Waals surface area contributed by atoms with Gasteiger partial charge in [0.05, 0.1) is 11.4 Å². The van der Waals surface area contributed by atoms with Crippen molar-refractivity contribution in [1.82, 2.24) is 9.97 Å². The van der Waals surface area contributed by atoms with E-state index >= 15 is 0 Å². The van der Waals surface area contributed by atoms with E-state index in [1.807, 2.05) is 31.2 Å². The Morgan fingerprint density at radius 2 is 1.71 bits per heavy atom. The number of oxazole rings is 1. The molecule has 0 saturated carbocycles. The Hall–Kier alpha value is -2.80. The average Bonchev–Trinajstić information content (AvgIpc) is 3.17. The molecular weight excluding hydrogens is 410 g/mol. The molecule has 3 aromatic rings. The molecule has 6 nitrogen and oxygen atoms in total. The fourth-order valence-electron chi connectivity index (χ4n) is 3.22. The number of rotatable bonds is 9. The van der Waals surface area contributed by atoms with Crippen molar-refractivity contribution in [3.05, 3.63) is 54.0 Å². The molecule has 1 unspecified atom stereocenters. The van der Waals surface area contributed by atoms with E-state index in [1.54, 1.807) is 25.3 Å². The maximum atomic E-state index is 11.9. The predicted molar refractivity (Wildman–Crippen MR) is 123 cm³/mol. The van der Waals surface area contributed by atoms with Crippen molar-refractivity contribution >= 4 is 15.5 Å². The van der Waals surface area contributed by atoms with Crippen LogP contribution in [0.25, 0.3) is 22.6 Å². The van der Waals surface area contributed by atoms with Crippen molar-refractivity contribution in [1.29, 1.82) is 5.41 Å². The number of aryl methyl sites for hydroxylation is 2. The molecule has 7 heteroatoms. The number of benzene rings is 1. The Balaban J connectivity index is 1.74. The summed E-state index contributed by atoms with van der Waals surface area (Å²) in [6.45, 7) is 7.69. The van der Waals surface area contributed by atoms with E-state index in [0.29, 0.717) is 24.7 Å². The molecule has 2 aromatic heterocycles. The fourth-order valence-corrected chi connectivity index (χ4v) is 4.00. The van der Waals surface area contributed by atoms with Crippen molar-refractivity contribution in [3.63, 3.8) is 0 Å². The van der Waals surface area contributed by atoms with Crippen LogP contribution in [0.1, 0.15) is 45.1 Å². The first-order valence-corrected chi connectivity index (χ1v) is 12.2. The summed E-state index contributed by atoms with van der Waals surface area (Å²) in [4.78, 5) is 8.76. The Kier molecular flexibility index (Phi) is 7.05. The van der Waals surface area contributed by atoms with Crippen LogP contribution in [-0.4, -0.2) is 29.9 Å². The summed E-state index contributed by atoms with van der Waals surface area (Å²) in [5, 5.41) is 8.25. The zero-order chi connectivity index (χ0) is 22.6. The van der Waals surface area contributed by atoms with E-state index in [0.717, 1.165) is 40.3 Å². The number of pyridine rings is 1. The maximum Gasteiger partial charge on any atom is 0.226 e. The summed E-state index contributed by atoms with van der Waals surface area (Å²) in [5.74, 6) is 1.68. The van der Waals surface area contributed by atoms with Crippen LogP contribution in [-0.2, 0) is 16.3 Å². The van der Waals surface area contributed by atoms with Gasteiger partial charge in [0.15, 0.2) is 14.9 Å². The van der Waals surface area contributed by atoms with E-state index in [9.17, 15) is 8.42 Å². The van der Waals surface area contributed by atoms with Crippen molar-refractivity contribution in [2.45, 2.75) is 52.0 Å². The molecule has 0 spiro atoms. The Labute approximate surface area is 184 Å². The van der Waals surface area contributed by atoms with Crippen LogP contribution in [0.15, 0.2) is 52.0 Å². The Morgan fingerprint density at radius 3 is 2.29 bits per heavy atom. The molecule has 1 N–H and O–H groups in total. The van der Waals surface area contributed by atoms with Gasteiger partial charge in [0, 0.05) is 23.0 Å². The first-order valence-electron chi connectivity index (χ1n) is 10.6. The lowest BCUT2D eigenvalue weighted by Crippen LogP contribution is -2.10. The number of hydrogen-bond donors (Lipinski definition) is 1. The smallest absolute Gasteiger partial charge is 0.226 e. The molecule has 0 aliphatic rings. The molecule has 0 aliphatic carbocycles. The normalized spacial score (nSPS) is 12.6. The molecule has 1 atom stereocenters. The van der Waals surface area contributed by atoms with Gasteiger partial charge in [-0.2, -0.15) is 0 Å². The van der Waals surface area contributed by atoms with Crippen molar-refractivity contribution < 1.29 is 12.8 Å². The monoisotopic (exact) mass is 439 g/mol. The molecule has 31 heavy (non-hydrogen) atoms. The van der Waals surface area contributed by atoms with Crippen LogP contribution in [0.5, 0.6) is 0 Å². The molecule has 164 valence electrons. The van der Waals surface area contributed by atoms with Crippen LogP contribution in [0.2, 0.25) is 0 Å². The lowest BCUT2D eigenvalue weighted by molar-refractivity contribution is 0.539. The van der Waals surface area contributed by atoms with Crippen LogP contribution < -0.4 is 0 Å². The molecule has 0 aliphatic heterocycles. The first-order chi connectivity index (χ1) is 14.7. The summed E-state index contributed by atoms with van der Waals surface area (Å²) < 4.78 is 29.7. The third kappa shape index (κ3) is 5.28. The molecule has 3 rings (SSSR count). The molecule has 2 heterocycles.